The third kappa shape index (κ3) is 3.22. The van der Waals surface area contributed by atoms with E-state index in [1.54, 1.807) is 0 Å². The standard InChI is InChI=1S/C49H35N3O/c1-29-27-49-28-31-12-9-18-40(52(31)49)37-25-36-33-15-10-16-35-45-41(20-21-44-46(45)34-14-5-6-19-43(34)53-44)51(47(33)35)42(36)26-38(37)48(49,2)23-22-30-11-3-4-13-32(30)39-17-7-8-24-50(29)39/h3-21,24-26H,1,22-23,27-28H2,2H3/q+2. The number of nitrogens with zero attached hydrogens (tertiary/aromatic N) is 3. The number of aryl methyl sites for hydroxylation is 1. The van der Waals surface area contributed by atoms with Crippen LogP contribution in [-0.2, 0) is 23.8 Å². The van der Waals surface area contributed by atoms with E-state index in [1.807, 2.05) is 0 Å². The molecule has 4 nitrogen and oxygen atoms in total. The van der Waals surface area contributed by atoms with Crippen LogP contribution in [0.4, 0.5) is 0 Å². The van der Waals surface area contributed by atoms with Crippen LogP contribution in [0.5, 0.6) is 0 Å². The molecule has 10 aromatic rings. The van der Waals surface area contributed by atoms with Crippen molar-refractivity contribution in [2.75, 3.05) is 0 Å². The van der Waals surface area contributed by atoms with Crippen molar-refractivity contribution in [3.05, 3.63) is 157 Å². The van der Waals surface area contributed by atoms with Gasteiger partial charge in [-0.05, 0) is 86.0 Å². The highest BCUT2D eigenvalue weighted by Gasteiger charge is 2.68. The van der Waals surface area contributed by atoms with Crippen molar-refractivity contribution in [1.29, 1.82) is 0 Å². The van der Waals surface area contributed by atoms with Crippen LogP contribution < -0.4 is 9.13 Å². The van der Waals surface area contributed by atoms with Gasteiger partial charge in [0.2, 0.25) is 11.4 Å². The summed E-state index contributed by atoms with van der Waals surface area (Å²) in [5, 5.41) is 7.57. The van der Waals surface area contributed by atoms with Gasteiger partial charge in [-0.3, -0.25) is 0 Å². The van der Waals surface area contributed by atoms with Crippen LogP contribution in [0.1, 0.15) is 36.6 Å². The fourth-order valence-electron chi connectivity index (χ4n) is 11.3. The van der Waals surface area contributed by atoms with Crippen molar-refractivity contribution in [2.24, 2.45) is 0 Å². The smallest absolute Gasteiger partial charge is 0.218 e. The van der Waals surface area contributed by atoms with Crippen molar-refractivity contribution < 1.29 is 13.6 Å². The zero-order valence-electron chi connectivity index (χ0n) is 29.5. The summed E-state index contributed by atoms with van der Waals surface area (Å²) < 4.78 is 14.0. The van der Waals surface area contributed by atoms with E-state index in [0.717, 1.165) is 42.5 Å². The summed E-state index contributed by atoms with van der Waals surface area (Å²) in [6, 6.07) is 47.5. The van der Waals surface area contributed by atoms with Gasteiger partial charge in [-0.2, -0.15) is 9.13 Å². The first-order valence-electron chi connectivity index (χ1n) is 18.9. The van der Waals surface area contributed by atoms with Gasteiger partial charge < -0.3 is 8.82 Å². The number of furan rings is 1. The Morgan fingerprint density at radius 3 is 2.43 bits per heavy atom. The zero-order chi connectivity index (χ0) is 34.8. The van der Waals surface area contributed by atoms with Gasteiger partial charge in [0.1, 0.15) is 11.2 Å². The Bertz CT molecular complexity index is 3290. The lowest BCUT2D eigenvalue weighted by Gasteiger charge is -2.53. The number of pyridine rings is 2. The first-order chi connectivity index (χ1) is 26.0. The molecular weight excluding hydrogens is 647 g/mol. The molecule has 0 aliphatic carbocycles. The van der Waals surface area contributed by atoms with Gasteiger partial charge in [0.25, 0.3) is 0 Å². The van der Waals surface area contributed by atoms with Crippen LogP contribution >= 0.6 is 0 Å². The summed E-state index contributed by atoms with van der Waals surface area (Å²) in [4.78, 5) is 0. The molecule has 2 atom stereocenters. The molecule has 5 aromatic heterocycles. The average molecular weight is 682 g/mol. The molecular formula is C49H35N3O+2. The Kier molecular flexibility index (Phi) is 5.02. The van der Waals surface area contributed by atoms with Crippen LogP contribution in [0.3, 0.4) is 0 Å². The molecule has 0 fully saturated rings. The molecule has 2 unspecified atom stereocenters. The van der Waals surface area contributed by atoms with Gasteiger partial charge in [-0.25, -0.2) is 0 Å². The number of aromatic nitrogens is 3. The predicted octanol–water partition coefficient (Wildman–Crippen LogP) is 10.7. The second-order valence-electron chi connectivity index (χ2n) is 16.0. The van der Waals surface area contributed by atoms with Gasteiger partial charge in [-0.15, -0.1) is 0 Å². The number of rotatable bonds is 0. The average Bonchev–Trinajstić information content (AvgIpc) is 3.84. The number of hydrogen-bond donors (Lipinski definition) is 0. The first-order valence-corrected chi connectivity index (χ1v) is 18.9. The molecule has 3 aliphatic rings. The van der Waals surface area contributed by atoms with Gasteiger partial charge in [0, 0.05) is 62.1 Å². The number of hydrogen-bond acceptors (Lipinski definition) is 1. The van der Waals surface area contributed by atoms with E-state index in [-0.39, 0.29) is 11.0 Å². The predicted molar refractivity (Wildman–Crippen MR) is 213 cm³/mol. The molecule has 53 heavy (non-hydrogen) atoms. The van der Waals surface area contributed by atoms with Crippen molar-refractivity contribution in [3.8, 4) is 22.5 Å². The van der Waals surface area contributed by atoms with E-state index in [9.17, 15) is 0 Å². The number of allylic oxidation sites excluding steroid dienone is 1. The van der Waals surface area contributed by atoms with Crippen molar-refractivity contribution in [1.82, 2.24) is 4.40 Å². The zero-order valence-corrected chi connectivity index (χ0v) is 29.5. The van der Waals surface area contributed by atoms with Crippen LogP contribution in [0.2, 0.25) is 0 Å². The summed E-state index contributed by atoms with van der Waals surface area (Å²) in [6.07, 6.45) is 6.14. The molecule has 0 bridgehead atoms. The van der Waals surface area contributed by atoms with Gasteiger partial charge in [-0.1, -0.05) is 54.6 Å². The Labute approximate surface area is 305 Å². The van der Waals surface area contributed by atoms with Crippen LogP contribution in [-0.4, -0.2) is 4.40 Å². The van der Waals surface area contributed by atoms with Crippen molar-refractivity contribution >= 4 is 65.7 Å². The Balaban J connectivity index is 1.14. The Morgan fingerprint density at radius 2 is 1.47 bits per heavy atom. The van der Waals surface area contributed by atoms with E-state index in [1.165, 1.54) is 88.2 Å². The monoisotopic (exact) mass is 681 g/mol. The van der Waals surface area contributed by atoms with E-state index < -0.39 is 0 Å². The van der Waals surface area contributed by atoms with Crippen LogP contribution in [0.15, 0.2) is 145 Å². The minimum absolute atomic E-state index is 0.148. The lowest BCUT2D eigenvalue weighted by atomic mass is 9.54. The highest BCUT2D eigenvalue weighted by atomic mass is 16.3. The maximum absolute atomic E-state index is 6.41. The number of benzene rings is 5. The minimum Gasteiger partial charge on any atom is -0.456 e. The molecule has 0 N–H and O–H groups in total. The molecule has 0 saturated heterocycles. The lowest BCUT2D eigenvalue weighted by molar-refractivity contribution is -0.815. The summed E-state index contributed by atoms with van der Waals surface area (Å²) in [5.74, 6) is 0. The normalized spacial score (nSPS) is 20.4. The van der Waals surface area contributed by atoms with Gasteiger partial charge in [0.15, 0.2) is 23.1 Å². The first kappa shape index (κ1) is 28.3. The molecule has 4 heteroatoms. The summed E-state index contributed by atoms with van der Waals surface area (Å²) in [7, 11) is 0. The summed E-state index contributed by atoms with van der Waals surface area (Å²) in [6.45, 7) is 7.42. The Morgan fingerprint density at radius 1 is 0.660 bits per heavy atom. The minimum atomic E-state index is -0.169. The van der Waals surface area contributed by atoms with Crippen LogP contribution in [0, 0.1) is 0 Å². The third-order valence-corrected chi connectivity index (χ3v) is 13.7. The van der Waals surface area contributed by atoms with E-state index >= 15 is 0 Å². The summed E-state index contributed by atoms with van der Waals surface area (Å²) >= 11 is 0. The fraction of sp³-hybridized carbons (Fsp3) is 0.143. The number of fused-ring (bicyclic) bond motifs is 16. The summed E-state index contributed by atoms with van der Waals surface area (Å²) in [5.41, 5.74) is 16.0. The molecule has 3 aliphatic heterocycles. The van der Waals surface area contributed by atoms with Gasteiger partial charge >= 0.3 is 0 Å². The van der Waals surface area contributed by atoms with Crippen LogP contribution in [0.25, 0.3) is 88.2 Å². The molecule has 13 rings (SSSR count). The highest BCUT2D eigenvalue weighted by Crippen LogP contribution is 2.58. The largest absolute Gasteiger partial charge is 0.456 e. The fourth-order valence-corrected chi connectivity index (χ4v) is 11.3. The molecule has 5 aromatic carbocycles. The molecule has 0 saturated carbocycles. The Hall–Kier alpha value is -6.26. The quantitative estimate of drug-likeness (QED) is 0.146. The molecule has 1 spiro atoms. The topological polar surface area (TPSA) is 25.3 Å². The molecule has 8 heterocycles. The third-order valence-electron chi connectivity index (χ3n) is 13.7. The van der Waals surface area contributed by atoms with E-state index in [4.69, 9.17) is 11.0 Å². The van der Waals surface area contributed by atoms with Crippen molar-refractivity contribution in [2.45, 2.75) is 43.6 Å². The highest BCUT2D eigenvalue weighted by molar-refractivity contribution is 6.32. The second kappa shape index (κ2) is 9.39. The van der Waals surface area contributed by atoms with Gasteiger partial charge in [0.05, 0.1) is 40.4 Å². The SMILES string of the molecule is C=C1CC23Cc4cccc([n+]42)-c2cc4c5cccc6c7c8c(ccc7n(c4cc2C3(C)CCc2ccccc2-c2cccc[n+]21)c56)oc1ccccc18. The molecule has 0 radical (unpaired) electrons. The molecule has 250 valence electrons. The molecule has 0 amide bonds. The van der Waals surface area contributed by atoms with E-state index in [2.05, 4.69) is 154 Å². The van der Waals surface area contributed by atoms with E-state index in [0.29, 0.717) is 0 Å². The second-order valence-corrected chi connectivity index (χ2v) is 16.0. The lowest BCUT2D eigenvalue weighted by Crippen LogP contribution is -2.79. The maximum atomic E-state index is 6.41. The maximum Gasteiger partial charge on any atom is 0.218 e. The number of para-hydroxylation sites is 2. The van der Waals surface area contributed by atoms with Crippen molar-refractivity contribution in [3.63, 3.8) is 0 Å².